The molecular weight excluding hydrogens is 170 g/mol. The van der Waals surface area contributed by atoms with Gasteiger partial charge >= 0.3 is 0 Å². The van der Waals surface area contributed by atoms with E-state index in [1.165, 1.54) is 32.1 Å². The third-order valence-electron chi connectivity index (χ3n) is 3.22. The number of hydrogen-bond donors (Lipinski definition) is 1. The Labute approximate surface area is 88.7 Å². The molecular formula is C13H23N. The molecule has 1 saturated carbocycles. The molecule has 80 valence electrons. The fourth-order valence-corrected chi connectivity index (χ4v) is 2.31. The Bertz CT molecular complexity index is 199. The summed E-state index contributed by atoms with van der Waals surface area (Å²) in [5.41, 5.74) is 0. The second-order valence-electron chi connectivity index (χ2n) is 4.27. The van der Waals surface area contributed by atoms with Gasteiger partial charge in [0, 0.05) is 19.0 Å². The Morgan fingerprint density at radius 2 is 2.21 bits per heavy atom. The SMILES string of the molecule is CC#CCCNC1CCCC(CC)C1. The molecule has 2 unspecified atom stereocenters. The lowest BCUT2D eigenvalue weighted by Gasteiger charge is -2.29. The van der Waals surface area contributed by atoms with Gasteiger partial charge in [-0.1, -0.05) is 26.2 Å². The maximum absolute atomic E-state index is 3.62. The Morgan fingerprint density at radius 1 is 1.36 bits per heavy atom. The van der Waals surface area contributed by atoms with Crippen LogP contribution in [-0.2, 0) is 0 Å². The molecule has 0 aromatic carbocycles. The van der Waals surface area contributed by atoms with E-state index >= 15 is 0 Å². The van der Waals surface area contributed by atoms with Crippen LogP contribution in [0.5, 0.6) is 0 Å². The molecule has 1 N–H and O–H groups in total. The molecule has 1 heteroatoms. The van der Waals surface area contributed by atoms with Gasteiger partial charge in [-0.2, -0.15) is 0 Å². The fourth-order valence-electron chi connectivity index (χ4n) is 2.31. The Kier molecular flexibility index (Phi) is 5.71. The summed E-state index contributed by atoms with van der Waals surface area (Å²) >= 11 is 0. The third kappa shape index (κ3) is 4.15. The van der Waals surface area contributed by atoms with Crippen molar-refractivity contribution in [3.63, 3.8) is 0 Å². The summed E-state index contributed by atoms with van der Waals surface area (Å²) in [7, 11) is 0. The monoisotopic (exact) mass is 193 g/mol. The lowest BCUT2D eigenvalue weighted by molar-refractivity contribution is 0.281. The summed E-state index contributed by atoms with van der Waals surface area (Å²) < 4.78 is 0. The van der Waals surface area contributed by atoms with Gasteiger partial charge < -0.3 is 5.32 Å². The topological polar surface area (TPSA) is 12.0 Å². The number of nitrogens with one attached hydrogen (secondary N) is 1. The smallest absolute Gasteiger partial charge is 0.0214 e. The van der Waals surface area contributed by atoms with E-state index < -0.39 is 0 Å². The summed E-state index contributed by atoms with van der Waals surface area (Å²) in [5.74, 6) is 7.01. The molecule has 2 atom stereocenters. The second-order valence-corrected chi connectivity index (χ2v) is 4.27. The van der Waals surface area contributed by atoms with Gasteiger partial charge in [0.25, 0.3) is 0 Å². The summed E-state index contributed by atoms with van der Waals surface area (Å²) in [4.78, 5) is 0. The predicted octanol–water partition coefficient (Wildman–Crippen LogP) is 2.96. The summed E-state index contributed by atoms with van der Waals surface area (Å²) in [6.45, 7) is 5.30. The minimum absolute atomic E-state index is 0.771. The molecule has 1 fully saturated rings. The first kappa shape index (κ1) is 11.6. The standard InChI is InChI=1S/C13H23N/c1-3-5-6-10-14-13-9-7-8-12(4-2)11-13/h12-14H,4,6-11H2,1-2H3. The molecule has 0 bridgehead atoms. The van der Waals surface area contributed by atoms with Crippen LogP contribution < -0.4 is 5.32 Å². The lowest BCUT2D eigenvalue weighted by atomic mass is 9.84. The molecule has 0 aromatic heterocycles. The molecule has 0 amide bonds. The van der Waals surface area contributed by atoms with Gasteiger partial charge in [-0.05, 0) is 25.7 Å². The van der Waals surface area contributed by atoms with E-state index in [-0.39, 0.29) is 0 Å². The lowest BCUT2D eigenvalue weighted by Crippen LogP contribution is -2.34. The van der Waals surface area contributed by atoms with E-state index in [2.05, 4.69) is 24.1 Å². The predicted molar refractivity (Wildman–Crippen MR) is 62.1 cm³/mol. The zero-order valence-electron chi connectivity index (χ0n) is 9.60. The normalized spacial score (nSPS) is 26.7. The third-order valence-corrected chi connectivity index (χ3v) is 3.22. The van der Waals surface area contributed by atoms with E-state index in [1.54, 1.807) is 0 Å². The summed E-state index contributed by atoms with van der Waals surface area (Å²) in [5, 5.41) is 3.62. The van der Waals surface area contributed by atoms with Crippen molar-refractivity contribution < 1.29 is 0 Å². The first-order chi connectivity index (χ1) is 6.86. The van der Waals surface area contributed by atoms with Crippen LogP contribution in [-0.4, -0.2) is 12.6 Å². The minimum Gasteiger partial charge on any atom is -0.313 e. The van der Waals surface area contributed by atoms with E-state index in [4.69, 9.17) is 0 Å². The van der Waals surface area contributed by atoms with Crippen molar-refractivity contribution in [2.24, 2.45) is 5.92 Å². The Morgan fingerprint density at radius 3 is 2.93 bits per heavy atom. The zero-order valence-corrected chi connectivity index (χ0v) is 9.60. The van der Waals surface area contributed by atoms with E-state index in [0.29, 0.717) is 0 Å². The molecule has 0 radical (unpaired) electrons. The van der Waals surface area contributed by atoms with Crippen molar-refractivity contribution in [3.05, 3.63) is 0 Å². The van der Waals surface area contributed by atoms with Crippen molar-refractivity contribution in [2.75, 3.05) is 6.54 Å². The van der Waals surface area contributed by atoms with E-state index in [9.17, 15) is 0 Å². The number of hydrogen-bond acceptors (Lipinski definition) is 1. The van der Waals surface area contributed by atoms with Crippen LogP contribution >= 0.6 is 0 Å². The van der Waals surface area contributed by atoms with E-state index in [1.807, 2.05) is 6.92 Å². The number of rotatable bonds is 4. The molecule has 0 aromatic rings. The average molecular weight is 193 g/mol. The fraction of sp³-hybridized carbons (Fsp3) is 0.846. The van der Waals surface area contributed by atoms with Crippen LogP contribution in [0, 0.1) is 17.8 Å². The maximum Gasteiger partial charge on any atom is 0.0214 e. The zero-order chi connectivity index (χ0) is 10.2. The van der Waals surface area contributed by atoms with Crippen LogP contribution in [0.1, 0.15) is 52.4 Å². The highest BCUT2D eigenvalue weighted by Gasteiger charge is 2.19. The average Bonchev–Trinajstić information content (AvgIpc) is 2.25. The van der Waals surface area contributed by atoms with Crippen LogP contribution in [0.25, 0.3) is 0 Å². The maximum atomic E-state index is 3.62. The van der Waals surface area contributed by atoms with Crippen LogP contribution in [0.2, 0.25) is 0 Å². The van der Waals surface area contributed by atoms with Gasteiger partial charge in [0.05, 0.1) is 0 Å². The van der Waals surface area contributed by atoms with Crippen LogP contribution in [0.4, 0.5) is 0 Å². The van der Waals surface area contributed by atoms with E-state index in [0.717, 1.165) is 24.9 Å². The van der Waals surface area contributed by atoms with Gasteiger partial charge in [-0.25, -0.2) is 0 Å². The second kappa shape index (κ2) is 6.90. The van der Waals surface area contributed by atoms with Crippen molar-refractivity contribution in [1.82, 2.24) is 5.32 Å². The molecule has 0 saturated heterocycles. The Hall–Kier alpha value is -0.480. The van der Waals surface area contributed by atoms with Gasteiger partial charge in [0.1, 0.15) is 0 Å². The largest absolute Gasteiger partial charge is 0.313 e. The molecule has 0 aliphatic heterocycles. The highest BCUT2D eigenvalue weighted by atomic mass is 14.9. The molecule has 1 nitrogen and oxygen atoms in total. The van der Waals surface area contributed by atoms with Gasteiger partial charge in [-0.15, -0.1) is 11.8 Å². The minimum atomic E-state index is 0.771. The van der Waals surface area contributed by atoms with Crippen LogP contribution in [0.3, 0.4) is 0 Å². The van der Waals surface area contributed by atoms with Crippen molar-refractivity contribution in [3.8, 4) is 11.8 Å². The molecule has 1 aliphatic carbocycles. The van der Waals surface area contributed by atoms with Gasteiger partial charge in [0.2, 0.25) is 0 Å². The quantitative estimate of drug-likeness (QED) is 0.534. The molecule has 14 heavy (non-hydrogen) atoms. The summed E-state index contributed by atoms with van der Waals surface area (Å²) in [6, 6.07) is 0.771. The van der Waals surface area contributed by atoms with Crippen molar-refractivity contribution >= 4 is 0 Å². The molecule has 1 aliphatic rings. The highest BCUT2D eigenvalue weighted by Crippen LogP contribution is 2.26. The van der Waals surface area contributed by atoms with Gasteiger partial charge in [0.15, 0.2) is 0 Å². The van der Waals surface area contributed by atoms with Gasteiger partial charge in [-0.3, -0.25) is 0 Å². The van der Waals surface area contributed by atoms with Crippen LogP contribution in [0.15, 0.2) is 0 Å². The van der Waals surface area contributed by atoms with Crippen molar-refractivity contribution in [2.45, 2.75) is 58.4 Å². The van der Waals surface area contributed by atoms with Crippen molar-refractivity contribution in [1.29, 1.82) is 0 Å². The first-order valence-electron chi connectivity index (χ1n) is 5.99. The summed E-state index contributed by atoms with van der Waals surface area (Å²) in [6.07, 6.45) is 7.97. The molecule has 0 heterocycles. The molecule has 1 rings (SSSR count). The molecule has 0 spiro atoms. The highest BCUT2D eigenvalue weighted by molar-refractivity contribution is 4.95. The first-order valence-corrected chi connectivity index (χ1v) is 5.99. The Balaban J connectivity index is 2.13.